The SMILES string of the molecule is CC(c1ccc(F)cc1)N(C)CC(=O)NCCc1nc2ccccc2s1. The van der Waals surface area contributed by atoms with E-state index in [-0.39, 0.29) is 17.8 Å². The molecule has 1 amide bonds. The van der Waals surface area contributed by atoms with Crippen LogP contribution in [-0.2, 0) is 11.2 Å². The predicted octanol–water partition coefficient (Wildman–Crippen LogP) is 3.79. The van der Waals surface area contributed by atoms with E-state index in [9.17, 15) is 9.18 Å². The van der Waals surface area contributed by atoms with Crippen LogP contribution in [0.25, 0.3) is 10.2 Å². The third kappa shape index (κ3) is 4.65. The largest absolute Gasteiger partial charge is 0.355 e. The number of nitrogens with one attached hydrogen (secondary N) is 1. The molecule has 0 radical (unpaired) electrons. The number of likely N-dealkylation sites (N-methyl/N-ethyl adjacent to an activating group) is 1. The Kier molecular flexibility index (Phi) is 5.96. The molecule has 0 aliphatic heterocycles. The second-order valence-corrected chi connectivity index (χ2v) is 7.43. The van der Waals surface area contributed by atoms with Crippen molar-refractivity contribution in [2.24, 2.45) is 0 Å². The monoisotopic (exact) mass is 371 g/mol. The first-order valence-corrected chi connectivity index (χ1v) is 9.41. The zero-order chi connectivity index (χ0) is 18.5. The van der Waals surface area contributed by atoms with Crippen LogP contribution in [0.2, 0.25) is 0 Å². The maximum Gasteiger partial charge on any atom is 0.234 e. The van der Waals surface area contributed by atoms with Crippen molar-refractivity contribution in [1.82, 2.24) is 15.2 Å². The molecule has 1 aromatic heterocycles. The number of hydrogen-bond acceptors (Lipinski definition) is 4. The maximum atomic E-state index is 13.0. The minimum atomic E-state index is -0.254. The summed E-state index contributed by atoms with van der Waals surface area (Å²) in [5.74, 6) is -0.279. The van der Waals surface area contributed by atoms with Gasteiger partial charge in [0.15, 0.2) is 0 Å². The van der Waals surface area contributed by atoms with Crippen molar-refractivity contribution < 1.29 is 9.18 Å². The van der Waals surface area contributed by atoms with Gasteiger partial charge < -0.3 is 5.32 Å². The Morgan fingerprint density at radius 2 is 1.96 bits per heavy atom. The molecule has 1 atom stereocenters. The number of fused-ring (bicyclic) bond motifs is 1. The molecule has 0 fully saturated rings. The standard InChI is InChI=1S/C20H22FN3OS/c1-14(15-7-9-16(21)10-8-15)24(2)13-19(25)22-12-11-20-23-17-5-3-4-6-18(17)26-20/h3-10,14H,11-13H2,1-2H3,(H,22,25). The van der Waals surface area contributed by atoms with Crippen LogP contribution in [0.15, 0.2) is 48.5 Å². The third-order valence-electron chi connectivity index (χ3n) is 4.41. The molecule has 26 heavy (non-hydrogen) atoms. The quantitative estimate of drug-likeness (QED) is 0.687. The van der Waals surface area contributed by atoms with E-state index in [4.69, 9.17) is 0 Å². The number of halogens is 1. The van der Waals surface area contributed by atoms with Crippen molar-refractivity contribution in [3.05, 3.63) is 64.9 Å². The summed E-state index contributed by atoms with van der Waals surface area (Å²) < 4.78 is 14.2. The lowest BCUT2D eigenvalue weighted by molar-refractivity contribution is -0.122. The first-order chi connectivity index (χ1) is 12.5. The molecule has 0 bridgehead atoms. The highest BCUT2D eigenvalue weighted by atomic mass is 32.1. The molecule has 1 N–H and O–H groups in total. The van der Waals surface area contributed by atoms with Gasteiger partial charge in [-0.1, -0.05) is 24.3 Å². The smallest absolute Gasteiger partial charge is 0.234 e. The highest BCUT2D eigenvalue weighted by Gasteiger charge is 2.15. The molecule has 0 spiro atoms. The molecular weight excluding hydrogens is 349 g/mol. The molecule has 6 heteroatoms. The van der Waals surface area contributed by atoms with Crippen LogP contribution in [0.5, 0.6) is 0 Å². The fraction of sp³-hybridized carbons (Fsp3) is 0.300. The molecule has 0 saturated carbocycles. The third-order valence-corrected chi connectivity index (χ3v) is 5.50. The molecule has 3 aromatic rings. The average molecular weight is 371 g/mol. The van der Waals surface area contributed by atoms with Gasteiger partial charge in [0.2, 0.25) is 5.91 Å². The minimum Gasteiger partial charge on any atom is -0.355 e. The Bertz CT molecular complexity index is 845. The molecule has 1 unspecified atom stereocenters. The first kappa shape index (κ1) is 18.5. The second kappa shape index (κ2) is 8.38. The molecule has 2 aromatic carbocycles. The molecule has 0 saturated heterocycles. The topological polar surface area (TPSA) is 45.2 Å². The molecule has 1 heterocycles. The Morgan fingerprint density at radius 3 is 2.69 bits per heavy atom. The zero-order valence-electron chi connectivity index (χ0n) is 14.9. The van der Waals surface area contributed by atoms with Crippen LogP contribution < -0.4 is 5.32 Å². The highest BCUT2D eigenvalue weighted by molar-refractivity contribution is 7.18. The van der Waals surface area contributed by atoms with E-state index in [0.717, 1.165) is 22.5 Å². The molecule has 136 valence electrons. The van der Waals surface area contributed by atoms with Gasteiger partial charge in [-0.15, -0.1) is 11.3 Å². The number of para-hydroxylation sites is 1. The number of rotatable bonds is 7. The summed E-state index contributed by atoms with van der Waals surface area (Å²) in [5.41, 5.74) is 1.99. The molecule has 0 aliphatic rings. The normalized spacial score (nSPS) is 12.5. The van der Waals surface area contributed by atoms with Gasteiger partial charge >= 0.3 is 0 Å². The molecule has 0 aliphatic carbocycles. The number of hydrogen-bond donors (Lipinski definition) is 1. The van der Waals surface area contributed by atoms with Crippen LogP contribution in [0.4, 0.5) is 4.39 Å². The number of benzene rings is 2. The lowest BCUT2D eigenvalue weighted by Crippen LogP contribution is -2.37. The number of nitrogens with zero attached hydrogens (tertiary/aromatic N) is 2. The average Bonchev–Trinajstić information content (AvgIpc) is 3.04. The minimum absolute atomic E-state index is 0.0254. The van der Waals surface area contributed by atoms with Crippen molar-refractivity contribution in [3.63, 3.8) is 0 Å². The van der Waals surface area contributed by atoms with Crippen LogP contribution in [-0.4, -0.2) is 35.9 Å². The zero-order valence-corrected chi connectivity index (χ0v) is 15.7. The van der Waals surface area contributed by atoms with Crippen molar-refractivity contribution in [2.75, 3.05) is 20.1 Å². The van der Waals surface area contributed by atoms with E-state index in [1.165, 1.54) is 16.8 Å². The van der Waals surface area contributed by atoms with Crippen LogP contribution in [0, 0.1) is 5.82 Å². The lowest BCUT2D eigenvalue weighted by atomic mass is 10.1. The van der Waals surface area contributed by atoms with E-state index in [1.54, 1.807) is 23.5 Å². The summed E-state index contributed by atoms with van der Waals surface area (Å²) in [7, 11) is 1.89. The second-order valence-electron chi connectivity index (χ2n) is 6.32. The fourth-order valence-electron chi connectivity index (χ4n) is 2.75. The number of carbonyl (C=O) groups is 1. The number of amides is 1. The van der Waals surface area contributed by atoms with Gasteiger partial charge in [-0.3, -0.25) is 9.69 Å². The van der Waals surface area contributed by atoms with Crippen molar-refractivity contribution in [3.8, 4) is 0 Å². The lowest BCUT2D eigenvalue weighted by Gasteiger charge is -2.24. The van der Waals surface area contributed by atoms with Gasteiger partial charge in [-0.05, 0) is 43.8 Å². The summed E-state index contributed by atoms with van der Waals surface area (Å²) in [6, 6.07) is 14.5. The summed E-state index contributed by atoms with van der Waals surface area (Å²) in [4.78, 5) is 18.7. The van der Waals surface area contributed by atoms with E-state index in [1.807, 2.05) is 37.1 Å². The molecule has 4 nitrogen and oxygen atoms in total. The summed E-state index contributed by atoms with van der Waals surface area (Å²) in [6.45, 7) is 2.86. The number of aromatic nitrogens is 1. The van der Waals surface area contributed by atoms with Crippen molar-refractivity contribution >= 4 is 27.5 Å². The highest BCUT2D eigenvalue weighted by Crippen LogP contribution is 2.21. The predicted molar refractivity (Wildman–Crippen MR) is 104 cm³/mol. The Hall–Kier alpha value is -2.31. The van der Waals surface area contributed by atoms with E-state index < -0.39 is 0 Å². The van der Waals surface area contributed by atoms with Crippen molar-refractivity contribution in [1.29, 1.82) is 0 Å². The van der Waals surface area contributed by atoms with E-state index in [0.29, 0.717) is 13.1 Å². The van der Waals surface area contributed by atoms with Crippen LogP contribution in [0.3, 0.4) is 0 Å². The molecular formula is C20H22FN3OS. The van der Waals surface area contributed by atoms with Gasteiger partial charge in [-0.2, -0.15) is 0 Å². The van der Waals surface area contributed by atoms with Gasteiger partial charge in [-0.25, -0.2) is 9.37 Å². The summed E-state index contributed by atoms with van der Waals surface area (Å²) >= 11 is 1.66. The maximum absolute atomic E-state index is 13.0. The van der Waals surface area contributed by atoms with E-state index >= 15 is 0 Å². The fourth-order valence-corrected chi connectivity index (χ4v) is 3.72. The van der Waals surface area contributed by atoms with Crippen LogP contribution >= 0.6 is 11.3 Å². The molecule has 3 rings (SSSR count). The first-order valence-electron chi connectivity index (χ1n) is 8.60. The Labute approximate surface area is 156 Å². The number of thiazole rings is 1. The van der Waals surface area contributed by atoms with Gasteiger partial charge in [0.05, 0.1) is 21.8 Å². The summed E-state index contributed by atoms with van der Waals surface area (Å²) in [5, 5.41) is 3.98. The Morgan fingerprint density at radius 1 is 1.23 bits per heavy atom. The summed E-state index contributed by atoms with van der Waals surface area (Å²) in [6.07, 6.45) is 0.725. The number of carbonyl (C=O) groups excluding carboxylic acids is 1. The van der Waals surface area contributed by atoms with Gasteiger partial charge in [0, 0.05) is 19.0 Å². The Balaban J connectivity index is 1.46. The van der Waals surface area contributed by atoms with Crippen molar-refractivity contribution in [2.45, 2.75) is 19.4 Å². The van der Waals surface area contributed by atoms with Gasteiger partial charge in [0.25, 0.3) is 0 Å². The van der Waals surface area contributed by atoms with Crippen LogP contribution in [0.1, 0.15) is 23.5 Å². The van der Waals surface area contributed by atoms with Gasteiger partial charge in [0.1, 0.15) is 5.82 Å². The van der Waals surface area contributed by atoms with E-state index in [2.05, 4.69) is 16.4 Å².